The summed E-state index contributed by atoms with van der Waals surface area (Å²) in [4.78, 5) is 30.3. The Labute approximate surface area is 182 Å². The van der Waals surface area contributed by atoms with Crippen molar-refractivity contribution in [3.8, 4) is 0 Å². The number of aromatic amines is 1. The van der Waals surface area contributed by atoms with Crippen molar-refractivity contribution >= 4 is 44.8 Å². The Bertz CT molecular complexity index is 1270. The summed E-state index contributed by atoms with van der Waals surface area (Å²) in [5.74, 6) is -0.280. The summed E-state index contributed by atoms with van der Waals surface area (Å²) < 4.78 is 25.3. The van der Waals surface area contributed by atoms with Crippen molar-refractivity contribution in [2.45, 2.75) is 28.8 Å². The molecular formula is C20H18ClN3O4S2. The molecule has 3 rings (SSSR count). The standard InChI is InChI=1S/C20H18ClN3O4S2/c1-12-6-7-15(8-13(12)2)23-18(25)11-29-20-22-10-17(19(26)24-20)30(27,28)16-5-3-4-14(21)9-16/h3-10H,11H2,1-2H3,(H,23,25)(H,22,24,26). The van der Waals surface area contributed by atoms with Gasteiger partial charge in [0.1, 0.15) is 0 Å². The van der Waals surface area contributed by atoms with Gasteiger partial charge in [-0.05, 0) is 55.3 Å². The zero-order chi connectivity index (χ0) is 21.9. The Morgan fingerprint density at radius 1 is 1.17 bits per heavy atom. The number of sulfone groups is 1. The third-order valence-corrected chi connectivity index (χ3v) is 7.14. The summed E-state index contributed by atoms with van der Waals surface area (Å²) in [6.07, 6.45) is 0.985. The van der Waals surface area contributed by atoms with Crippen molar-refractivity contribution in [3.05, 3.63) is 75.2 Å². The maximum absolute atomic E-state index is 12.6. The van der Waals surface area contributed by atoms with E-state index < -0.39 is 20.3 Å². The third kappa shape index (κ3) is 5.10. The molecule has 10 heteroatoms. The van der Waals surface area contributed by atoms with Crippen LogP contribution >= 0.6 is 23.4 Å². The van der Waals surface area contributed by atoms with Gasteiger partial charge in [-0.25, -0.2) is 13.4 Å². The number of hydrogen-bond acceptors (Lipinski definition) is 6. The molecule has 0 saturated heterocycles. The minimum Gasteiger partial charge on any atom is -0.325 e. The van der Waals surface area contributed by atoms with Gasteiger partial charge in [0.15, 0.2) is 10.1 Å². The lowest BCUT2D eigenvalue weighted by Gasteiger charge is -2.08. The molecule has 1 aromatic heterocycles. The number of amides is 1. The second kappa shape index (κ2) is 9.03. The lowest BCUT2D eigenvalue weighted by Crippen LogP contribution is -2.20. The van der Waals surface area contributed by atoms with E-state index in [9.17, 15) is 18.0 Å². The predicted molar refractivity (Wildman–Crippen MR) is 117 cm³/mol. The van der Waals surface area contributed by atoms with Crippen LogP contribution in [0.2, 0.25) is 5.02 Å². The van der Waals surface area contributed by atoms with Crippen LogP contribution in [0, 0.1) is 13.8 Å². The van der Waals surface area contributed by atoms with Crippen molar-refractivity contribution in [3.63, 3.8) is 0 Å². The fourth-order valence-electron chi connectivity index (χ4n) is 2.54. The fourth-order valence-corrected chi connectivity index (χ4v) is 4.71. The van der Waals surface area contributed by atoms with Crippen LogP contribution in [0.3, 0.4) is 0 Å². The molecule has 0 fully saturated rings. The Morgan fingerprint density at radius 3 is 2.60 bits per heavy atom. The predicted octanol–water partition coefficient (Wildman–Crippen LogP) is 3.60. The third-order valence-electron chi connectivity index (χ3n) is 4.27. The summed E-state index contributed by atoms with van der Waals surface area (Å²) >= 11 is 6.83. The van der Waals surface area contributed by atoms with Gasteiger partial charge in [-0.15, -0.1) is 0 Å². The molecule has 0 radical (unpaired) electrons. The summed E-state index contributed by atoms with van der Waals surface area (Å²) in [5.41, 5.74) is 2.04. The highest BCUT2D eigenvalue weighted by molar-refractivity contribution is 7.99. The van der Waals surface area contributed by atoms with E-state index >= 15 is 0 Å². The van der Waals surface area contributed by atoms with E-state index in [1.54, 1.807) is 6.07 Å². The highest BCUT2D eigenvalue weighted by atomic mass is 35.5. The number of nitrogens with zero attached hydrogens (tertiary/aromatic N) is 1. The summed E-state index contributed by atoms with van der Waals surface area (Å²) in [5, 5.41) is 3.15. The van der Waals surface area contributed by atoms with Gasteiger partial charge >= 0.3 is 0 Å². The first-order valence-corrected chi connectivity index (χ1v) is 11.6. The van der Waals surface area contributed by atoms with Crippen LogP contribution < -0.4 is 10.9 Å². The van der Waals surface area contributed by atoms with Gasteiger partial charge in [0.05, 0.1) is 16.8 Å². The number of carbonyl (C=O) groups excluding carboxylic acids is 1. The molecule has 0 aliphatic rings. The molecule has 0 aliphatic heterocycles. The van der Waals surface area contributed by atoms with Gasteiger partial charge < -0.3 is 10.3 Å². The minimum atomic E-state index is -4.07. The number of anilines is 1. The van der Waals surface area contributed by atoms with Gasteiger partial charge in [0.25, 0.3) is 5.56 Å². The normalized spacial score (nSPS) is 11.3. The second-order valence-electron chi connectivity index (χ2n) is 6.48. The lowest BCUT2D eigenvalue weighted by molar-refractivity contribution is -0.113. The Morgan fingerprint density at radius 2 is 1.93 bits per heavy atom. The molecule has 2 aromatic carbocycles. The number of halogens is 1. The molecular weight excluding hydrogens is 446 g/mol. The SMILES string of the molecule is Cc1ccc(NC(=O)CSc2ncc(S(=O)(=O)c3cccc(Cl)c3)c(=O)[nH]2)cc1C. The molecule has 0 aliphatic carbocycles. The van der Waals surface area contributed by atoms with Crippen LogP contribution in [-0.4, -0.2) is 30.0 Å². The monoisotopic (exact) mass is 463 g/mol. The Hall–Kier alpha value is -2.62. The molecule has 0 spiro atoms. The lowest BCUT2D eigenvalue weighted by atomic mass is 10.1. The number of benzene rings is 2. The van der Waals surface area contributed by atoms with Crippen molar-refractivity contribution < 1.29 is 13.2 Å². The van der Waals surface area contributed by atoms with E-state index in [1.165, 1.54) is 24.3 Å². The number of H-pyrrole nitrogens is 1. The molecule has 0 saturated carbocycles. The highest BCUT2D eigenvalue weighted by Crippen LogP contribution is 2.22. The van der Waals surface area contributed by atoms with Crippen molar-refractivity contribution in [2.75, 3.05) is 11.1 Å². The first-order valence-electron chi connectivity index (χ1n) is 8.77. The van der Waals surface area contributed by atoms with Crippen molar-refractivity contribution in [1.29, 1.82) is 0 Å². The molecule has 156 valence electrons. The molecule has 2 N–H and O–H groups in total. The summed E-state index contributed by atoms with van der Waals surface area (Å²) in [7, 11) is -4.07. The van der Waals surface area contributed by atoms with E-state index in [2.05, 4.69) is 15.3 Å². The van der Waals surface area contributed by atoms with E-state index in [1.807, 2.05) is 26.0 Å². The Kier molecular flexibility index (Phi) is 6.64. The molecule has 3 aromatic rings. The topological polar surface area (TPSA) is 109 Å². The summed E-state index contributed by atoms with van der Waals surface area (Å²) in [6, 6.07) is 11.2. The maximum atomic E-state index is 12.6. The number of nitrogens with one attached hydrogen (secondary N) is 2. The summed E-state index contributed by atoms with van der Waals surface area (Å²) in [6.45, 7) is 3.93. The van der Waals surface area contributed by atoms with Gasteiger partial charge in [0, 0.05) is 10.7 Å². The average molecular weight is 464 g/mol. The van der Waals surface area contributed by atoms with Crippen LogP contribution in [0.1, 0.15) is 11.1 Å². The molecule has 7 nitrogen and oxygen atoms in total. The number of hydrogen-bond donors (Lipinski definition) is 2. The molecule has 1 heterocycles. The van der Waals surface area contributed by atoms with Crippen LogP contribution in [0.15, 0.2) is 68.4 Å². The van der Waals surface area contributed by atoms with Gasteiger partial charge in [0.2, 0.25) is 15.7 Å². The Balaban J connectivity index is 1.70. The quantitative estimate of drug-likeness (QED) is 0.427. The van der Waals surface area contributed by atoms with Gasteiger partial charge in [-0.3, -0.25) is 9.59 Å². The number of aromatic nitrogens is 2. The number of thioether (sulfide) groups is 1. The van der Waals surface area contributed by atoms with Crippen LogP contribution in [-0.2, 0) is 14.6 Å². The van der Waals surface area contributed by atoms with E-state index in [0.29, 0.717) is 5.69 Å². The fraction of sp³-hybridized carbons (Fsp3) is 0.150. The minimum absolute atomic E-state index is 0.00372. The van der Waals surface area contributed by atoms with Crippen molar-refractivity contribution in [1.82, 2.24) is 9.97 Å². The number of aryl methyl sites for hydroxylation is 2. The molecule has 0 atom stereocenters. The molecule has 30 heavy (non-hydrogen) atoms. The number of carbonyl (C=O) groups is 1. The molecule has 0 unspecified atom stereocenters. The van der Waals surface area contributed by atoms with E-state index in [0.717, 1.165) is 29.1 Å². The zero-order valence-electron chi connectivity index (χ0n) is 16.1. The van der Waals surface area contributed by atoms with Crippen LogP contribution in [0.5, 0.6) is 0 Å². The second-order valence-corrected chi connectivity index (χ2v) is 9.80. The molecule has 0 bridgehead atoms. The van der Waals surface area contributed by atoms with Gasteiger partial charge in [-0.1, -0.05) is 35.5 Å². The maximum Gasteiger partial charge on any atom is 0.270 e. The van der Waals surface area contributed by atoms with Gasteiger partial charge in [-0.2, -0.15) is 0 Å². The van der Waals surface area contributed by atoms with E-state index in [4.69, 9.17) is 11.6 Å². The van der Waals surface area contributed by atoms with Crippen molar-refractivity contribution in [2.24, 2.45) is 0 Å². The average Bonchev–Trinajstić information content (AvgIpc) is 2.69. The largest absolute Gasteiger partial charge is 0.325 e. The van der Waals surface area contributed by atoms with Crippen LogP contribution in [0.4, 0.5) is 5.69 Å². The van der Waals surface area contributed by atoms with Crippen LogP contribution in [0.25, 0.3) is 0 Å². The zero-order valence-corrected chi connectivity index (χ0v) is 18.5. The smallest absolute Gasteiger partial charge is 0.270 e. The highest BCUT2D eigenvalue weighted by Gasteiger charge is 2.22. The molecule has 1 amide bonds. The first kappa shape index (κ1) is 22.1. The van der Waals surface area contributed by atoms with E-state index in [-0.39, 0.29) is 26.7 Å². The first-order chi connectivity index (χ1) is 14.2. The number of rotatable bonds is 6.